The summed E-state index contributed by atoms with van der Waals surface area (Å²) in [5.74, 6) is 0.339. The van der Waals surface area contributed by atoms with Crippen LogP contribution >= 0.6 is 0 Å². The van der Waals surface area contributed by atoms with E-state index in [2.05, 4.69) is 10.3 Å². The van der Waals surface area contributed by atoms with Gasteiger partial charge in [0.2, 0.25) is 0 Å². The number of ketones is 1. The van der Waals surface area contributed by atoms with Crippen molar-refractivity contribution in [1.29, 1.82) is 0 Å². The fourth-order valence-electron chi connectivity index (χ4n) is 2.56. The van der Waals surface area contributed by atoms with E-state index in [0.29, 0.717) is 11.4 Å². The maximum Gasteiger partial charge on any atom is 0.311 e. The third-order valence-electron chi connectivity index (χ3n) is 3.95. The minimum absolute atomic E-state index is 0.104. The summed E-state index contributed by atoms with van der Waals surface area (Å²) in [5, 5.41) is 14.3. The second kappa shape index (κ2) is 8.59. The highest BCUT2D eigenvalue weighted by Crippen LogP contribution is 2.28. The number of carbonyl (C=O) groups excluding carboxylic acids is 1. The van der Waals surface area contributed by atoms with Crippen molar-refractivity contribution in [2.24, 2.45) is 0 Å². The molecular formula is C21H17N3O4. The van der Waals surface area contributed by atoms with Gasteiger partial charge >= 0.3 is 5.69 Å². The third-order valence-corrected chi connectivity index (χ3v) is 3.95. The third kappa shape index (κ3) is 4.39. The average molecular weight is 375 g/mol. The molecule has 0 aliphatic rings. The fourth-order valence-corrected chi connectivity index (χ4v) is 2.56. The van der Waals surface area contributed by atoms with E-state index in [1.54, 1.807) is 18.3 Å². The average Bonchev–Trinajstić information content (AvgIpc) is 2.73. The Labute approximate surface area is 161 Å². The number of hydrogen-bond acceptors (Lipinski definition) is 6. The molecule has 3 aromatic rings. The van der Waals surface area contributed by atoms with Crippen LogP contribution in [0, 0.1) is 10.1 Å². The van der Waals surface area contributed by atoms with Gasteiger partial charge in [0.05, 0.1) is 12.0 Å². The van der Waals surface area contributed by atoms with Crippen molar-refractivity contribution in [1.82, 2.24) is 4.98 Å². The normalized spacial score (nSPS) is 10.6. The van der Waals surface area contributed by atoms with E-state index in [4.69, 9.17) is 4.74 Å². The van der Waals surface area contributed by atoms with Crippen LogP contribution in [0.25, 0.3) is 6.08 Å². The van der Waals surface area contributed by atoms with Crippen LogP contribution in [0.2, 0.25) is 0 Å². The molecule has 0 amide bonds. The Morgan fingerprint density at radius 3 is 2.64 bits per heavy atom. The molecule has 2 aromatic carbocycles. The molecule has 0 atom stereocenters. The zero-order valence-corrected chi connectivity index (χ0v) is 15.0. The van der Waals surface area contributed by atoms with Gasteiger partial charge in [0, 0.05) is 29.1 Å². The molecule has 3 rings (SSSR count). The number of ether oxygens (including phenoxy) is 1. The van der Waals surface area contributed by atoms with E-state index in [-0.39, 0.29) is 22.8 Å². The number of pyridine rings is 1. The van der Waals surface area contributed by atoms with Crippen molar-refractivity contribution in [3.05, 3.63) is 94.2 Å². The number of nitrogens with one attached hydrogen (secondary N) is 1. The number of benzene rings is 2. The van der Waals surface area contributed by atoms with Crippen LogP contribution in [-0.4, -0.2) is 22.8 Å². The molecule has 0 saturated carbocycles. The summed E-state index contributed by atoms with van der Waals surface area (Å²) < 4.78 is 4.96. The van der Waals surface area contributed by atoms with E-state index < -0.39 is 4.92 Å². The molecule has 0 bridgehead atoms. The summed E-state index contributed by atoms with van der Waals surface area (Å²) >= 11 is 0. The first-order valence-electron chi connectivity index (χ1n) is 8.40. The standard InChI is InChI=1S/C21H17N3O4/c1-28-20-12-10-16(14-18(20)24(26)27)19(25)11-9-15-6-5-13-22-21(15)23-17-7-3-2-4-8-17/h2-14H,1H3,(H,22,23). The van der Waals surface area contributed by atoms with Crippen molar-refractivity contribution >= 4 is 29.1 Å². The first kappa shape index (κ1) is 18.8. The first-order valence-corrected chi connectivity index (χ1v) is 8.40. The van der Waals surface area contributed by atoms with Crippen molar-refractivity contribution in [3.63, 3.8) is 0 Å². The summed E-state index contributed by atoms with van der Waals surface area (Å²) in [7, 11) is 1.34. The first-order chi connectivity index (χ1) is 13.6. The van der Waals surface area contributed by atoms with Gasteiger partial charge in [-0.05, 0) is 48.6 Å². The number of nitro groups is 1. The van der Waals surface area contributed by atoms with Crippen molar-refractivity contribution in [3.8, 4) is 5.75 Å². The van der Waals surface area contributed by atoms with Gasteiger partial charge in [-0.15, -0.1) is 0 Å². The molecule has 140 valence electrons. The number of methoxy groups -OCH3 is 1. The lowest BCUT2D eigenvalue weighted by atomic mass is 10.1. The van der Waals surface area contributed by atoms with Gasteiger partial charge < -0.3 is 10.1 Å². The molecule has 1 N–H and O–H groups in total. The molecule has 0 aliphatic heterocycles. The molecular weight excluding hydrogens is 358 g/mol. The van der Waals surface area contributed by atoms with E-state index in [9.17, 15) is 14.9 Å². The summed E-state index contributed by atoms with van der Waals surface area (Å²) in [4.78, 5) is 27.3. The quantitative estimate of drug-likeness (QED) is 0.280. The predicted molar refractivity (Wildman–Crippen MR) is 107 cm³/mol. The van der Waals surface area contributed by atoms with Gasteiger partial charge in [0.15, 0.2) is 11.5 Å². The largest absolute Gasteiger partial charge is 0.490 e. The number of carbonyl (C=O) groups is 1. The maximum atomic E-state index is 12.5. The van der Waals surface area contributed by atoms with Gasteiger partial charge in [-0.1, -0.05) is 18.2 Å². The van der Waals surface area contributed by atoms with E-state index in [1.807, 2.05) is 36.4 Å². The van der Waals surface area contributed by atoms with Crippen LogP contribution in [0.5, 0.6) is 5.75 Å². The fraction of sp³-hybridized carbons (Fsp3) is 0.0476. The Morgan fingerprint density at radius 1 is 1.14 bits per heavy atom. The molecule has 28 heavy (non-hydrogen) atoms. The molecule has 7 nitrogen and oxygen atoms in total. The van der Waals surface area contributed by atoms with Gasteiger partial charge in [-0.2, -0.15) is 0 Å². The van der Waals surface area contributed by atoms with Crippen molar-refractivity contribution in [2.45, 2.75) is 0 Å². The summed E-state index contributed by atoms with van der Waals surface area (Å²) in [5.41, 5.74) is 1.52. The van der Waals surface area contributed by atoms with Crippen LogP contribution in [0.15, 0.2) is 72.9 Å². The Hall–Kier alpha value is -4.00. The number of para-hydroxylation sites is 1. The number of allylic oxidation sites excluding steroid dienone is 1. The molecule has 0 saturated heterocycles. The number of hydrogen-bond donors (Lipinski definition) is 1. The molecule has 1 aromatic heterocycles. The lowest BCUT2D eigenvalue weighted by Crippen LogP contribution is -1.99. The lowest BCUT2D eigenvalue weighted by molar-refractivity contribution is -0.385. The maximum absolute atomic E-state index is 12.5. The summed E-state index contributed by atoms with van der Waals surface area (Å²) in [6.45, 7) is 0. The molecule has 0 spiro atoms. The Bertz CT molecular complexity index is 1030. The number of aromatic nitrogens is 1. The highest BCUT2D eigenvalue weighted by molar-refractivity contribution is 6.07. The second-order valence-electron chi connectivity index (χ2n) is 5.77. The Morgan fingerprint density at radius 2 is 1.93 bits per heavy atom. The van der Waals surface area contributed by atoms with Crippen molar-refractivity contribution < 1.29 is 14.5 Å². The van der Waals surface area contributed by atoms with E-state index >= 15 is 0 Å². The smallest absolute Gasteiger partial charge is 0.311 e. The van der Waals surface area contributed by atoms with Crippen molar-refractivity contribution in [2.75, 3.05) is 12.4 Å². The molecule has 1 heterocycles. The predicted octanol–water partition coefficient (Wildman–Crippen LogP) is 4.64. The summed E-state index contributed by atoms with van der Waals surface area (Å²) in [6, 6.07) is 17.2. The molecule has 0 aliphatic carbocycles. The topological polar surface area (TPSA) is 94.4 Å². The molecule has 0 radical (unpaired) electrons. The highest BCUT2D eigenvalue weighted by atomic mass is 16.6. The number of rotatable bonds is 7. The number of anilines is 2. The minimum Gasteiger partial charge on any atom is -0.490 e. The molecule has 0 unspecified atom stereocenters. The van der Waals surface area contributed by atoms with Gasteiger partial charge in [-0.25, -0.2) is 4.98 Å². The zero-order valence-electron chi connectivity index (χ0n) is 15.0. The minimum atomic E-state index is -0.581. The Kier molecular flexibility index (Phi) is 5.76. The second-order valence-corrected chi connectivity index (χ2v) is 5.77. The van der Waals surface area contributed by atoms with Gasteiger partial charge in [0.25, 0.3) is 0 Å². The van der Waals surface area contributed by atoms with Crippen LogP contribution in [0.1, 0.15) is 15.9 Å². The van der Waals surface area contributed by atoms with E-state index in [0.717, 1.165) is 5.69 Å². The summed E-state index contributed by atoms with van der Waals surface area (Å²) in [6.07, 6.45) is 4.63. The highest BCUT2D eigenvalue weighted by Gasteiger charge is 2.17. The number of nitrogens with zero attached hydrogens (tertiary/aromatic N) is 2. The van der Waals surface area contributed by atoms with Crippen LogP contribution in [0.3, 0.4) is 0 Å². The van der Waals surface area contributed by atoms with Crippen LogP contribution in [0.4, 0.5) is 17.2 Å². The monoisotopic (exact) mass is 375 g/mol. The van der Waals surface area contributed by atoms with Crippen LogP contribution < -0.4 is 10.1 Å². The SMILES string of the molecule is COc1ccc(C(=O)C=Cc2cccnc2Nc2ccccc2)cc1[N+](=O)[O-]. The Balaban J connectivity index is 1.83. The van der Waals surface area contributed by atoms with Crippen LogP contribution in [-0.2, 0) is 0 Å². The zero-order chi connectivity index (χ0) is 19.9. The molecule has 7 heteroatoms. The lowest BCUT2D eigenvalue weighted by Gasteiger charge is -2.08. The van der Waals surface area contributed by atoms with E-state index in [1.165, 1.54) is 31.4 Å². The van der Waals surface area contributed by atoms with Gasteiger partial charge in [0.1, 0.15) is 5.82 Å². The van der Waals surface area contributed by atoms with Gasteiger partial charge in [-0.3, -0.25) is 14.9 Å². The molecule has 0 fully saturated rings. The number of nitro benzene ring substituents is 1.